The molecule has 0 saturated carbocycles. The zero-order chi connectivity index (χ0) is 15.9. The third-order valence-electron chi connectivity index (χ3n) is 3.74. The summed E-state index contributed by atoms with van der Waals surface area (Å²) < 4.78 is 5.46. The summed E-state index contributed by atoms with van der Waals surface area (Å²) in [7, 11) is 0. The van der Waals surface area contributed by atoms with Gasteiger partial charge in [0.2, 0.25) is 0 Å². The second-order valence-electron chi connectivity index (χ2n) is 5.24. The Morgan fingerprint density at radius 2 is 1.95 bits per heavy atom. The van der Waals surface area contributed by atoms with E-state index in [1.165, 1.54) is 11.3 Å². The number of nitrogens with one attached hydrogen (secondary N) is 1. The van der Waals surface area contributed by atoms with E-state index >= 15 is 0 Å². The van der Waals surface area contributed by atoms with Gasteiger partial charge in [-0.15, -0.1) is 0 Å². The van der Waals surface area contributed by atoms with E-state index in [2.05, 4.69) is 36.2 Å². The summed E-state index contributed by atoms with van der Waals surface area (Å²) in [5.74, 6) is 1.07. The molecule has 4 heteroatoms. The lowest BCUT2D eigenvalue weighted by molar-refractivity contribution is 0.0925. The number of para-hydroxylation sites is 1. The molecule has 1 amide bonds. The van der Waals surface area contributed by atoms with Crippen molar-refractivity contribution in [1.82, 2.24) is 5.32 Å². The van der Waals surface area contributed by atoms with Gasteiger partial charge in [-0.05, 0) is 37.6 Å². The van der Waals surface area contributed by atoms with Gasteiger partial charge < -0.3 is 14.6 Å². The number of hydrogen-bond acceptors (Lipinski definition) is 3. The SMILES string of the molecule is CCc1ccc(C(=O)NCCN(CC)c2ccccc2C)o1. The molecule has 0 aliphatic carbocycles. The standard InChI is InChI=1S/C18H24N2O2/c1-4-15-10-11-17(22-15)18(21)19-12-13-20(5-2)16-9-7-6-8-14(16)3/h6-11H,4-5,12-13H2,1-3H3,(H,19,21). The van der Waals surface area contributed by atoms with Gasteiger partial charge in [0.1, 0.15) is 5.76 Å². The van der Waals surface area contributed by atoms with Crippen molar-refractivity contribution in [3.63, 3.8) is 0 Å². The number of hydrogen-bond donors (Lipinski definition) is 1. The summed E-state index contributed by atoms with van der Waals surface area (Å²) in [6.07, 6.45) is 0.796. The molecule has 0 aliphatic heterocycles. The second kappa shape index (κ2) is 7.69. The Hall–Kier alpha value is -2.23. The number of likely N-dealkylation sites (N-methyl/N-ethyl adjacent to an activating group) is 1. The lowest BCUT2D eigenvalue weighted by Crippen LogP contribution is -2.35. The summed E-state index contributed by atoms with van der Waals surface area (Å²) in [6, 6.07) is 11.9. The molecule has 0 spiro atoms. The van der Waals surface area contributed by atoms with Crippen LogP contribution in [0.3, 0.4) is 0 Å². The molecule has 22 heavy (non-hydrogen) atoms. The smallest absolute Gasteiger partial charge is 0.287 e. The van der Waals surface area contributed by atoms with Crippen LogP contribution in [0.1, 0.15) is 35.7 Å². The van der Waals surface area contributed by atoms with Gasteiger partial charge >= 0.3 is 0 Å². The third kappa shape index (κ3) is 3.91. The number of benzene rings is 1. The minimum Gasteiger partial charge on any atom is -0.456 e. The Morgan fingerprint density at radius 1 is 1.18 bits per heavy atom. The molecule has 0 radical (unpaired) electrons. The highest BCUT2D eigenvalue weighted by Crippen LogP contribution is 2.18. The molecule has 1 aromatic carbocycles. The molecule has 4 nitrogen and oxygen atoms in total. The number of rotatable bonds is 7. The van der Waals surface area contributed by atoms with Crippen LogP contribution in [0.5, 0.6) is 0 Å². The van der Waals surface area contributed by atoms with E-state index in [4.69, 9.17) is 4.42 Å². The molecule has 0 atom stereocenters. The van der Waals surface area contributed by atoms with Gasteiger partial charge in [-0.1, -0.05) is 25.1 Å². The van der Waals surface area contributed by atoms with Crippen molar-refractivity contribution in [1.29, 1.82) is 0 Å². The quantitative estimate of drug-likeness (QED) is 0.852. The van der Waals surface area contributed by atoms with Crippen molar-refractivity contribution >= 4 is 11.6 Å². The minimum absolute atomic E-state index is 0.152. The average Bonchev–Trinajstić information content (AvgIpc) is 3.01. The fourth-order valence-corrected chi connectivity index (χ4v) is 2.45. The molecule has 1 N–H and O–H groups in total. The average molecular weight is 300 g/mol. The first-order valence-corrected chi connectivity index (χ1v) is 7.83. The molecule has 0 aliphatic rings. The maximum atomic E-state index is 12.0. The first-order valence-electron chi connectivity index (χ1n) is 7.83. The Labute approximate surface area is 132 Å². The summed E-state index contributed by atoms with van der Waals surface area (Å²) in [4.78, 5) is 14.3. The van der Waals surface area contributed by atoms with Gasteiger partial charge in [-0.2, -0.15) is 0 Å². The van der Waals surface area contributed by atoms with Crippen LogP contribution < -0.4 is 10.2 Å². The third-order valence-corrected chi connectivity index (χ3v) is 3.74. The fourth-order valence-electron chi connectivity index (χ4n) is 2.45. The zero-order valence-corrected chi connectivity index (χ0v) is 13.6. The monoisotopic (exact) mass is 300 g/mol. The zero-order valence-electron chi connectivity index (χ0n) is 13.6. The van der Waals surface area contributed by atoms with Crippen LogP contribution in [-0.2, 0) is 6.42 Å². The minimum atomic E-state index is -0.152. The molecule has 118 valence electrons. The van der Waals surface area contributed by atoms with E-state index in [0.29, 0.717) is 12.3 Å². The van der Waals surface area contributed by atoms with E-state index < -0.39 is 0 Å². The Balaban J connectivity index is 1.89. The van der Waals surface area contributed by atoms with Crippen molar-refractivity contribution in [2.45, 2.75) is 27.2 Å². The highest BCUT2D eigenvalue weighted by atomic mass is 16.3. The molecule has 2 aromatic rings. The summed E-state index contributed by atoms with van der Waals surface area (Å²) in [6.45, 7) is 8.49. The van der Waals surface area contributed by atoms with Crippen molar-refractivity contribution in [3.05, 3.63) is 53.5 Å². The largest absolute Gasteiger partial charge is 0.456 e. The van der Waals surface area contributed by atoms with Crippen molar-refractivity contribution in [3.8, 4) is 0 Å². The van der Waals surface area contributed by atoms with Gasteiger partial charge in [-0.3, -0.25) is 4.79 Å². The molecular formula is C18H24N2O2. The van der Waals surface area contributed by atoms with Gasteiger partial charge in [-0.25, -0.2) is 0 Å². The van der Waals surface area contributed by atoms with Crippen LogP contribution >= 0.6 is 0 Å². The fraction of sp³-hybridized carbons (Fsp3) is 0.389. The van der Waals surface area contributed by atoms with Crippen LogP contribution in [0.4, 0.5) is 5.69 Å². The summed E-state index contributed by atoms with van der Waals surface area (Å²) in [5, 5.41) is 2.92. The van der Waals surface area contributed by atoms with Gasteiger partial charge in [0.25, 0.3) is 5.91 Å². The molecule has 1 heterocycles. The van der Waals surface area contributed by atoms with Crippen molar-refractivity contribution in [2.24, 2.45) is 0 Å². The van der Waals surface area contributed by atoms with E-state index in [1.54, 1.807) is 6.07 Å². The van der Waals surface area contributed by atoms with Crippen LogP contribution in [0.25, 0.3) is 0 Å². The molecule has 0 saturated heterocycles. The van der Waals surface area contributed by atoms with E-state index in [9.17, 15) is 4.79 Å². The molecule has 0 unspecified atom stereocenters. The van der Waals surface area contributed by atoms with Crippen LogP contribution in [0.15, 0.2) is 40.8 Å². The lowest BCUT2D eigenvalue weighted by Gasteiger charge is -2.24. The normalized spacial score (nSPS) is 10.5. The Bertz CT molecular complexity index is 619. The number of nitrogens with zero attached hydrogens (tertiary/aromatic N) is 1. The number of furan rings is 1. The lowest BCUT2D eigenvalue weighted by atomic mass is 10.2. The number of anilines is 1. The number of carbonyl (C=O) groups is 1. The number of carbonyl (C=O) groups excluding carboxylic acids is 1. The summed E-state index contributed by atoms with van der Waals surface area (Å²) >= 11 is 0. The Morgan fingerprint density at radius 3 is 2.59 bits per heavy atom. The van der Waals surface area contributed by atoms with Gasteiger partial charge in [0, 0.05) is 31.7 Å². The summed E-state index contributed by atoms with van der Waals surface area (Å²) in [5.41, 5.74) is 2.46. The topological polar surface area (TPSA) is 45.5 Å². The van der Waals surface area contributed by atoms with Gasteiger partial charge in [0.15, 0.2) is 5.76 Å². The first kappa shape index (κ1) is 16.1. The predicted molar refractivity (Wildman–Crippen MR) is 89.5 cm³/mol. The second-order valence-corrected chi connectivity index (χ2v) is 5.24. The maximum absolute atomic E-state index is 12.0. The number of amides is 1. The molecular weight excluding hydrogens is 276 g/mol. The van der Waals surface area contributed by atoms with Crippen LogP contribution in [-0.4, -0.2) is 25.5 Å². The molecule has 0 bridgehead atoms. The highest BCUT2D eigenvalue weighted by Gasteiger charge is 2.11. The van der Waals surface area contributed by atoms with Gasteiger partial charge in [0.05, 0.1) is 0 Å². The van der Waals surface area contributed by atoms with Crippen molar-refractivity contribution in [2.75, 3.05) is 24.5 Å². The highest BCUT2D eigenvalue weighted by molar-refractivity contribution is 5.91. The van der Waals surface area contributed by atoms with Crippen LogP contribution in [0.2, 0.25) is 0 Å². The Kier molecular flexibility index (Phi) is 5.64. The molecule has 2 rings (SSSR count). The molecule has 0 fully saturated rings. The number of aryl methyl sites for hydroxylation is 2. The predicted octanol–water partition coefficient (Wildman–Crippen LogP) is 3.41. The van der Waals surface area contributed by atoms with E-state index in [0.717, 1.165) is 25.3 Å². The van der Waals surface area contributed by atoms with Crippen molar-refractivity contribution < 1.29 is 9.21 Å². The first-order chi connectivity index (χ1) is 10.7. The maximum Gasteiger partial charge on any atom is 0.287 e. The van der Waals surface area contributed by atoms with Crippen LogP contribution in [0, 0.1) is 6.92 Å². The van der Waals surface area contributed by atoms with E-state index in [-0.39, 0.29) is 5.91 Å². The molecule has 1 aromatic heterocycles. The van der Waals surface area contributed by atoms with E-state index in [1.807, 2.05) is 25.1 Å².